The summed E-state index contributed by atoms with van der Waals surface area (Å²) >= 11 is 0. The van der Waals surface area contributed by atoms with Crippen molar-refractivity contribution in [2.24, 2.45) is 5.73 Å². The van der Waals surface area contributed by atoms with Gasteiger partial charge >= 0.3 is 0 Å². The molecule has 0 aliphatic carbocycles. The van der Waals surface area contributed by atoms with E-state index in [9.17, 15) is 0 Å². The molecular formula is C15H19N3. The van der Waals surface area contributed by atoms with Crippen molar-refractivity contribution in [1.29, 1.82) is 0 Å². The highest BCUT2D eigenvalue weighted by Gasteiger charge is 2.05. The molecule has 0 bridgehead atoms. The Labute approximate surface area is 108 Å². The van der Waals surface area contributed by atoms with Crippen LogP contribution in [0, 0.1) is 6.92 Å². The standard InChI is InChI=1S/C15H19N3/c1-12-6-5-10-17-15(12)18-11-9-14(16)13-7-3-2-4-8-13/h2-8,10,14H,9,11,16H2,1H3,(H,17,18). The zero-order valence-electron chi connectivity index (χ0n) is 10.6. The van der Waals surface area contributed by atoms with Crippen molar-refractivity contribution in [2.75, 3.05) is 11.9 Å². The Morgan fingerprint density at radius 1 is 1.17 bits per heavy atom. The maximum Gasteiger partial charge on any atom is 0.128 e. The van der Waals surface area contributed by atoms with E-state index in [0.717, 1.165) is 24.3 Å². The molecule has 0 saturated heterocycles. The van der Waals surface area contributed by atoms with Gasteiger partial charge in [-0.25, -0.2) is 4.98 Å². The maximum absolute atomic E-state index is 6.14. The number of aromatic nitrogens is 1. The quantitative estimate of drug-likeness (QED) is 0.846. The van der Waals surface area contributed by atoms with Crippen LogP contribution in [-0.4, -0.2) is 11.5 Å². The summed E-state index contributed by atoms with van der Waals surface area (Å²) < 4.78 is 0. The fourth-order valence-corrected chi connectivity index (χ4v) is 1.88. The third kappa shape index (κ3) is 3.31. The number of anilines is 1. The molecular weight excluding hydrogens is 222 g/mol. The molecule has 2 aromatic rings. The van der Waals surface area contributed by atoms with Crippen molar-refractivity contribution >= 4 is 5.82 Å². The second-order valence-corrected chi connectivity index (χ2v) is 4.40. The Balaban J connectivity index is 1.84. The highest BCUT2D eigenvalue weighted by atomic mass is 15.0. The van der Waals surface area contributed by atoms with E-state index in [1.165, 1.54) is 5.56 Å². The van der Waals surface area contributed by atoms with Crippen LogP contribution in [0.5, 0.6) is 0 Å². The topological polar surface area (TPSA) is 50.9 Å². The third-order valence-corrected chi connectivity index (χ3v) is 2.98. The summed E-state index contributed by atoms with van der Waals surface area (Å²) in [5.41, 5.74) is 8.47. The minimum Gasteiger partial charge on any atom is -0.370 e. The van der Waals surface area contributed by atoms with Gasteiger partial charge in [0, 0.05) is 18.8 Å². The monoisotopic (exact) mass is 241 g/mol. The molecule has 1 heterocycles. The predicted molar refractivity (Wildman–Crippen MR) is 75.5 cm³/mol. The van der Waals surface area contributed by atoms with E-state index >= 15 is 0 Å². The van der Waals surface area contributed by atoms with Crippen LogP contribution in [-0.2, 0) is 0 Å². The van der Waals surface area contributed by atoms with Gasteiger partial charge in [0.15, 0.2) is 0 Å². The summed E-state index contributed by atoms with van der Waals surface area (Å²) in [7, 11) is 0. The number of hydrogen-bond donors (Lipinski definition) is 2. The fourth-order valence-electron chi connectivity index (χ4n) is 1.88. The van der Waals surface area contributed by atoms with Crippen LogP contribution >= 0.6 is 0 Å². The molecule has 0 saturated carbocycles. The SMILES string of the molecule is Cc1cccnc1NCCC(N)c1ccccc1. The molecule has 94 valence electrons. The normalized spacial score (nSPS) is 12.1. The first-order chi connectivity index (χ1) is 8.77. The molecule has 1 aromatic carbocycles. The van der Waals surface area contributed by atoms with Crippen LogP contribution in [0.25, 0.3) is 0 Å². The van der Waals surface area contributed by atoms with E-state index in [1.807, 2.05) is 37.3 Å². The molecule has 3 N–H and O–H groups in total. The zero-order chi connectivity index (χ0) is 12.8. The highest BCUT2D eigenvalue weighted by molar-refractivity contribution is 5.42. The van der Waals surface area contributed by atoms with E-state index < -0.39 is 0 Å². The van der Waals surface area contributed by atoms with E-state index in [-0.39, 0.29) is 6.04 Å². The minimum absolute atomic E-state index is 0.0720. The molecule has 0 radical (unpaired) electrons. The summed E-state index contributed by atoms with van der Waals surface area (Å²) in [6.07, 6.45) is 2.69. The highest BCUT2D eigenvalue weighted by Crippen LogP contribution is 2.14. The first-order valence-corrected chi connectivity index (χ1v) is 6.23. The number of benzene rings is 1. The molecule has 0 amide bonds. The van der Waals surface area contributed by atoms with Gasteiger partial charge in [0.2, 0.25) is 0 Å². The number of nitrogens with one attached hydrogen (secondary N) is 1. The smallest absolute Gasteiger partial charge is 0.128 e. The Kier molecular flexibility index (Phi) is 4.31. The van der Waals surface area contributed by atoms with Crippen molar-refractivity contribution < 1.29 is 0 Å². The van der Waals surface area contributed by atoms with Crippen LogP contribution in [0.4, 0.5) is 5.82 Å². The summed E-state index contributed by atoms with van der Waals surface area (Å²) in [5.74, 6) is 0.942. The molecule has 2 rings (SSSR count). The van der Waals surface area contributed by atoms with E-state index in [0.29, 0.717) is 0 Å². The number of nitrogens with zero attached hydrogens (tertiary/aromatic N) is 1. The largest absolute Gasteiger partial charge is 0.370 e. The lowest BCUT2D eigenvalue weighted by molar-refractivity contribution is 0.674. The Morgan fingerprint density at radius 2 is 1.94 bits per heavy atom. The summed E-state index contributed by atoms with van der Waals surface area (Å²) in [6, 6.07) is 14.2. The van der Waals surface area contributed by atoms with Crippen molar-refractivity contribution in [3.05, 3.63) is 59.8 Å². The summed E-state index contributed by atoms with van der Waals surface area (Å²) in [6.45, 7) is 2.88. The van der Waals surface area contributed by atoms with Gasteiger partial charge in [-0.15, -0.1) is 0 Å². The molecule has 1 unspecified atom stereocenters. The summed E-state index contributed by atoms with van der Waals surface area (Å²) in [4.78, 5) is 4.30. The molecule has 3 heteroatoms. The Hall–Kier alpha value is -1.87. The molecule has 0 aliphatic heterocycles. The second kappa shape index (κ2) is 6.17. The Bertz CT molecular complexity index is 482. The summed E-state index contributed by atoms with van der Waals surface area (Å²) in [5, 5.41) is 3.32. The average Bonchev–Trinajstić information content (AvgIpc) is 2.42. The Morgan fingerprint density at radius 3 is 2.67 bits per heavy atom. The number of hydrogen-bond acceptors (Lipinski definition) is 3. The predicted octanol–water partition coefficient (Wildman–Crippen LogP) is 2.89. The lowest BCUT2D eigenvalue weighted by atomic mass is 10.1. The number of aryl methyl sites for hydroxylation is 1. The molecule has 0 fully saturated rings. The first-order valence-electron chi connectivity index (χ1n) is 6.23. The molecule has 1 atom stereocenters. The first kappa shape index (κ1) is 12.6. The molecule has 3 nitrogen and oxygen atoms in total. The zero-order valence-corrected chi connectivity index (χ0v) is 10.6. The van der Waals surface area contributed by atoms with E-state index in [2.05, 4.69) is 22.4 Å². The lowest BCUT2D eigenvalue weighted by Gasteiger charge is -2.13. The van der Waals surface area contributed by atoms with Gasteiger partial charge < -0.3 is 11.1 Å². The average molecular weight is 241 g/mol. The van der Waals surface area contributed by atoms with Gasteiger partial charge in [0.05, 0.1) is 0 Å². The van der Waals surface area contributed by atoms with Crippen molar-refractivity contribution in [2.45, 2.75) is 19.4 Å². The third-order valence-electron chi connectivity index (χ3n) is 2.98. The van der Waals surface area contributed by atoms with Gasteiger partial charge in [-0.05, 0) is 30.5 Å². The minimum atomic E-state index is 0.0720. The van der Waals surface area contributed by atoms with Gasteiger partial charge in [-0.2, -0.15) is 0 Å². The number of pyridine rings is 1. The van der Waals surface area contributed by atoms with Crippen LogP contribution in [0.1, 0.15) is 23.6 Å². The maximum atomic E-state index is 6.14. The van der Waals surface area contributed by atoms with Gasteiger partial charge in [-0.3, -0.25) is 0 Å². The second-order valence-electron chi connectivity index (χ2n) is 4.40. The van der Waals surface area contributed by atoms with Crippen molar-refractivity contribution in [3.8, 4) is 0 Å². The number of rotatable bonds is 5. The molecule has 0 aliphatic rings. The van der Waals surface area contributed by atoms with Crippen molar-refractivity contribution in [1.82, 2.24) is 4.98 Å². The number of nitrogens with two attached hydrogens (primary N) is 1. The van der Waals surface area contributed by atoms with E-state index in [4.69, 9.17) is 5.73 Å². The van der Waals surface area contributed by atoms with Crippen LogP contribution in [0.15, 0.2) is 48.7 Å². The van der Waals surface area contributed by atoms with Crippen LogP contribution < -0.4 is 11.1 Å². The van der Waals surface area contributed by atoms with Gasteiger partial charge in [0.1, 0.15) is 5.82 Å². The molecule has 0 spiro atoms. The van der Waals surface area contributed by atoms with Gasteiger partial charge in [0.25, 0.3) is 0 Å². The van der Waals surface area contributed by atoms with Crippen LogP contribution in [0.2, 0.25) is 0 Å². The molecule has 18 heavy (non-hydrogen) atoms. The lowest BCUT2D eigenvalue weighted by Crippen LogP contribution is -2.15. The van der Waals surface area contributed by atoms with Gasteiger partial charge in [-0.1, -0.05) is 36.4 Å². The fraction of sp³-hybridized carbons (Fsp3) is 0.267. The molecule has 1 aromatic heterocycles. The van der Waals surface area contributed by atoms with E-state index in [1.54, 1.807) is 6.20 Å². The van der Waals surface area contributed by atoms with Crippen molar-refractivity contribution in [3.63, 3.8) is 0 Å². The van der Waals surface area contributed by atoms with Crippen LogP contribution in [0.3, 0.4) is 0 Å².